The van der Waals surface area contributed by atoms with Crippen molar-refractivity contribution in [3.8, 4) is 5.75 Å². The van der Waals surface area contributed by atoms with Gasteiger partial charge in [0.2, 0.25) is 0 Å². The largest absolute Gasteiger partial charge is 0.497 e. The molecule has 0 aliphatic heterocycles. The number of urea groups is 1. The van der Waals surface area contributed by atoms with E-state index in [4.69, 9.17) is 16.3 Å². The fraction of sp³-hybridized carbons (Fsp3) is 0.0455. The number of anilines is 2. The average molecular weight is 379 g/mol. The number of carbonyl (C=O) groups excluding carboxylic acids is 1. The number of benzene rings is 3. The number of nitrogens with one attached hydrogen (secondary N) is 2. The van der Waals surface area contributed by atoms with Gasteiger partial charge in [0.25, 0.3) is 0 Å². The van der Waals surface area contributed by atoms with Crippen LogP contribution in [0.5, 0.6) is 5.75 Å². The predicted molar refractivity (Wildman–Crippen MR) is 112 cm³/mol. The van der Waals surface area contributed by atoms with E-state index in [0.29, 0.717) is 16.4 Å². The van der Waals surface area contributed by atoms with Crippen molar-refractivity contribution in [2.45, 2.75) is 0 Å². The van der Waals surface area contributed by atoms with E-state index in [1.165, 1.54) is 0 Å². The summed E-state index contributed by atoms with van der Waals surface area (Å²) in [6.07, 6.45) is 3.99. The first kappa shape index (κ1) is 18.5. The van der Waals surface area contributed by atoms with E-state index in [0.717, 1.165) is 16.9 Å². The summed E-state index contributed by atoms with van der Waals surface area (Å²) in [7, 11) is 1.64. The summed E-state index contributed by atoms with van der Waals surface area (Å²) in [5.74, 6) is 0.822. The molecule has 0 spiro atoms. The Kier molecular flexibility index (Phi) is 6.13. The number of rotatable bonds is 5. The summed E-state index contributed by atoms with van der Waals surface area (Å²) < 4.78 is 5.16. The van der Waals surface area contributed by atoms with Crippen molar-refractivity contribution < 1.29 is 9.53 Å². The fourth-order valence-corrected chi connectivity index (χ4v) is 2.66. The second kappa shape index (κ2) is 8.92. The number of hydrogen-bond acceptors (Lipinski definition) is 2. The Morgan fingerprint density at radius 2 is 1.63 bits per heavy atom. The predicted octanol–water partition coefficient (Wildman–Crippen LogP) is 6.16. The Morgan fingerprint density at radius 3 is 2.37 bits per heavy atom. The normalized spacial score (nSPS) is 10.6. The summed E-state index contributed by atoms with van der Waals surface area (Å²) in [5.41, 5.74) is 3.29. The SMILES string of the molecule is COc1ccc(/C=C/c2cccc(NC(=O)Nc3ccccc3Cl)c2)cc1. The first-order chi connectivity index (χ1) is 13.1. The van der Waals surface area contributed by atoms with Crippen LogP contribution in [0.25, 0.3) is 12.2 Å². The van der Waals surface area contributed by atoms with Crippen molar-refractivity contribution >= 4 is 41.2 Å². The van der Waals surface area contributed by atoms with Crippen LogP contribution in [-0.4, -0.2) is 13.1 Å². The molecule has 0 atom stereocenters. The molecule has 3 aromatic carbocycles. The standard InChI is InChI=1S/C22H19ClN2O2/c1-27-19-13-11-16(12-14-19)9-10-17-5-4-6-18(15-17)24-22(26)25-21-8-3-2-7-20(21)23/h2-15H,1H3,(H2,24,25,26)/b10-9+. The highest BCUT2D eigenvalue weighted by Crippen LogP contribution is 2.21. The molecule has 0 saturated carbocycles. The molecule has 27 heavy (non-hydrogen) atoms. The Bertz CT molecular complexity index is 953. The van der Waals surface area contributed by atoms with Gasteiger partial charge < -0.3 is 15.4 Å². The van der Waals surface area contributed by atoms with Gasteiger partial charge in [-0.25, -0.2) is 4.79 Å². The van der Waals surface area contributed by atoms with E-state index in [-0.39, 0.29) is 6.03 Å². The summed E-state index contributed by atoms with van der Waals surface area (Å²) in [5, 5.41) is 6.04. The van der Waals surface area contributed by atoms with Crippen molar-refractivity contribution in [1.82, 2.24) is 0 Å². The molecular formula is C22H19ClN2O2. The lowest BCUT2D eigenvalue weighted by atomic mass is 10.1. The number of para-hydroxylation sites is 1. The van der Waals surface area contributed by atoms with Gasteiger partial charge in [-0.1, -0.05) is 60.2 Å². The first-order valence-electron chi connectivity index (χ1n) is 8.39. The maximum atomic E-state index is 12.2. The molecule has 0 aliphatic carbocycles. The molecule has 0 aliphatic rings. The van der Waals surface area contributed by atoms with Crippen LogP contribution < -0.4 is 15.4 Å². The molecule has 3 rings (SSSR count). The number of halogens is 1. The second-order valence-corrected chi connectivity index (χ2v) is 6.20. The quantitative estimate of drug-likeness (QED) is 0.522. The van der Waals surface area contributed by atoms with Crippen molar-refractivity contribution in [3.63, 3.8) is 0 Å². The highest BCUT2D eigenvalue weighted by atomic mass is 35.5. The maximum Gasteiger partial charge on any atom is 0.323 e. The Balaban J connectivity index is 1.65. The zero-order chi connectivity index (χ0) is 19.1. The molecular weight excluding hydrogens is 360 g/mol. The van der Waals surface area contributed by atoms with Crippen molar-refractivity contribution in [1.29, 1.82) is 0 Å². The summed E-state index contributed by atoms with van der Waals surface area (Å²) >= 11 is 6.06. The molecule has 0 radical (unpaired) electrons. The van der Waals surface area contributed by atoms with Gasteiger partial charge in [-0.2, -0.15) is 0 Å². The van der Waals surface area contributed by atoms with Crippen molar-refractivity contribution in [2.75, 3.05) is 17.7 Å². The molecule has 4 nitrogen and oxygen atoms in total. The minimum atomic E-state index is -0.348. The molecule has 0 heterocycles. The topological polar surface area (TPSA) is 50.4 Å². The van der Waals surface area contributed by atoms with Gasteiger partial charge in [0, 0.05) is 5.69 Å². The number of hydrogen-bond donors (Lipinski definition) is 2. The Hall–Kier alpha value is -3.24. The molecule has 0 fully saturated rings. The molecule has 0 bridgehead atoms. The highest BCUT2D eigenvalue weighted by molar-refractivity contribution is 6.33. The Morgan fingerprint density at radius 1 is 0.889 bits per heavy atom. The highest BCUT2D eigenvalue weighted by Gasteiger charge is 2.05. The van der Waals surface area contributed by atoms with Crippen molar-refractivity contribution in [3.05, 3.63) is 88.9 Å². The van der Waals surface area contributed by atoms with Crippen molar-refractivity contribution in [2.24, 2.45) is 0 Å². The molecule has 0 aromatic heterocycles. The average Bonchev–Trinajstić information content (AvgIpc) is 2.69. The van der Waals surface area contributed by atoms with Crippen LogP contribution in [0.2, 0.25) is 5.02 Å². The Labute approximate surface area is 163 Å². The molecule has 2 amide bonds. The van der Waals surface area contributed by atoms with Gasteiger partial charge >= 0.3 is 6.03 Å². The van der Waals surface area contributed by atoms with Crippen LogP contribution in [0.15, 0.2) is 72.8 Å². The van der Waals surface area contributed by atoms with Crippen LogP contribution >= 0.6 is 11.6 Å². The molecule has 5 heteroatoms. The van der Waals surface area contributed by atoms with Gasteiger partial charge in [0.15, 0.2) is 0 Å². The van der Waals surface area contributed by atoms with E-state index < -0.39 is 0 Å². The molecule has 136 valence electrons. The van der Waals surface area contributed by atoms with E-state index in [9.17, 15) is 4.79 Å². The van der Waals surface area contributed by atoms with E-state index in [2.05, 4.69) is 10.6 Å². The van der Waals surface area contributed by atoms with Gasteiger partial charge in [0.1, 0.15) is 5.75 Å². The van der Waals surface area contributed by atoms with E-state index in [1.54, 1.807) is 19.2 Å². The van der Waals surface area contributed by atoms with Gasteiger partial charge in [-0.05, 0) is 47.5 Å². The summed E-state index contributed by atoms with van der Waals surface area (Å²) in [6.45, 7) is 0. The monoisotopic (exact) mass is 378 g/mol. The van der Waals surface area contributed by atoms with Crippen LogP contribution in [0.4, 0.5) is 16.2 Å². The lowest BCUT2D eigenvalue weighted by Crippen LogP contribution is -2.19. The van der Waals surface area contributed by atoms with Gasteiger partial charge in [-0.3, -0.25) is 0 Å². The summed E-state index contributed by atoms with van der Waals surface area (Å²) in [6, 6.07) is 22.1. The number of ether oxygens (including phenoxy) is 1. The molecule has 3 aromatic rings. The van der Waals surface area contributed by atoms with Gasteiger partial charge in [-0.15, -0.1) is 0 Å². The maximum absolute atomic E-state index is 12.2. The smallest absolute Gasteiger partial charge is 0.323 e. The fourth-order valence-electron chi connectivity index (χ4n) is 2.47. The van der Waals surface area contributed by atoms with Crippen LogP contribution in [-0.2, 0) is 0 Å². The minimum Gasteiger partial charge on any atom is -0.497 e. The first-order valence-corrected chi connectivity index (χ1v) is 8.76. The molecule has 2 N–H and O–H groups in total. The lowest BCUT2D eigenvalue weighted by Gasteiger charge is -2.09. The van der Waals surface area contributed by atoms with Crippen LogP contribution in [0.1, 0.15) is 11.1 Å². The van der Waals surface area contributed by atoms with E-state index >= 15 is 0 Å². The number of amides is 2. The van der Waals surface area contributed by atoms with Crippen LogP contribution in [0.3, 0.4) is 0 Å². The number of carbonyl (C=O) groups is 1. The zero-order valence-corrected chi connectivity index (χ0v) is 15.5. The molecule has 0 saturated heterocycles. The van der Waals surface area contributed by atoms with Crippen LogP contribution in [0, 0.1) is 0 Å². The second-order valence-electron chi connectivity index (χ2n) is 5.79. The minimum absolute atomic E-state index is 0.348. The lowest BCUT2D eigenvalue weighted by molar-refractivity contribution is 0.262. The third-order valence-electron chi connectivity index (χ3n) is 3.85. The zero-order valence-electron chi connectivity index (χ0n) is 14.8. The third-order valence-corrected chi connectivity index (χ3v) is 4.18. The van der Waals surface area contributed by atoms with E-state index in [1.807, 2.05) is 72.8 Å². The molecule has 0 unspecified atom stereocenters. The third kappa shape index (κ3) is 5.36. The summed E-state index contributed by atoms with van der Waals surface area (Å²) in [4.78, 5) is 12.2. The van der Waals surface area contributed by atoms with Gasteiger partial charge in [0.05, 0.1) is 17.8 Å². The number of methoxy groups -OCH3 is 1.